The van der Waals surface area contributed by atoms with Crippen LogP contribution in [0.3, 0.4) is 0 Å². The molecular weight excluding hydrogens is 396 g/mol. The summed E-state index contributed by atoms with van der Waals surface area (Å²) in [5.41, 5.74) is 3.19. The Morgan fingerprint density at radius 2 is 1.57 bits per heavy atom. The van der Waals surface area contributed by atoms with Gasteiger partial charge in [-0.2, -0.15) is 0 Å². The summed E-state index contributed by atoms with van der Waals surface area (Å²) in [5, 5.41) is 6.99. The van der Waals surface area contributed by atoms with E-state index in [1.54, 1.807) is 14.2 Å². The highest BCUT2D eigenvalue weighted by Crippen LogP contribution is 2.27. The molecule has 3 aromatic carbocycles. The zero-order chi connectivity index (χ0) is 21.2. The van der Waals surface area contributed by atoms with E-state index >= 15 is 0 Å². The number of anilines is 1. The zero-order valence-electron chi connectivity index (χ0n) is 17.2. The first-order chi connectivity index (χ1) is 14.7. The van der Waals surface area contributed by atoms with Crippen molar-refractivity contribution in [1.29, 1.82) is 0 Å². The van der Waals surface area contributed by atoms with Crippen molar-refractivity contribution in [3.8, 4) is 17.2 Å². The summed E-state index contributed by atoms with van der Waals surface area (Å²) < 4.78 is 16.4. The minimum absolute atomic E-state index is 0.545. The summed E-state index contributed by atoms with van der Waals surface area (Å²) in [5.74, 6) is 2.27. The summed E-state index contributed by atoms with van der Waals surface area (Å²) in [6, 6.07) is 23.7. The summed E-state index contributed by atoms with van der Waals surface area (Å²) in [7, 11) is 3.27. The van der Waals surface area contributed by atoms with Crippen LogP contribution in [0.25, 0.3) is 0 Å². The van der Waals surface area contributed by atoms with Gasteiger partial charge in [-0.05, 0) is 66.2 Å². The molecule has 0 saturated carbocycles. The third-order valence-electron chi connectivity index (χ3n) is 4.51. The molecular formula is C24H26N2O3S. The Bertz CT molecular complexity index is 946. The molecule has 0 amide bonds. The van der Waals surface area contributed by atoms with Crippen LogP contribution in [0.2, 0.25) is 0 Å². The molecule has 3 aromatic rings. The van der Waals surface area contributed by atoms with Gasteiger partial charge in [0.2, 0.25) is 0 Å². The van der Waals surface area contributed by atoms with E-state index in [0.29, 0.717) is 18.3 Å². The molecule has 0 fully saturated rings. The lowest BCUT2D eigenvalue weighted by Gasteiger charge is -2.13. The molecule has 6 heteroatoms. The topological polar surface area (TPSA) is 51.8 Å². The molecule has 0 spiro atoms. The lowest BCUT2D eigenvalue weighted by atomic mass is 10.1. The molecule has 0 radical (unpaired) electrons. The number of nitrogens with one attached hydrogen (secondary N) is 2. The largest absolute Gasteiger partial charge is 0.493 e. The van der Waals surface area contributed by atoms with Gasteiger partial charge in [0.05, 0.1) is 14.2 Å². The Balaban J connectivity index is 1.42. The minimum atomic E-state index is 0.545. The second-order valence-electron chi connectivity index (χ2n) is 6.62. The van der Waals surface area contributed by atoms with Crippen molar-refractivity contribution >= 4 is 23.0 Å². The van der Waals surface area contributed by atoms with Crippen molar-refractivity contribution in [2.45, 2.75) is 13.0 Å². The second-order valence-corrected chi connectivity index (χ2v) is 7.03. The van der Waals surface area contributed by atoms with E-state index in [1.165, 1.54) is 0 Å². The molecule has 30 heavy (non-hydrogen) atoms. The van der Waals surface area contributed by atoms with E-state index in [0.717, 1.165) is 40.5 Å². The number of hydrogen-bond acceptors (Lipinski definition) is 4. The molecule has 0 unspecified atom stereocenters. The summed E-state index contributed by atoms with van der Waals surface area (Å²) in [6.45, 7) is 1.25. The fourth-order valence-corrected chi connectivity index (χ4v) is 3.13. The first kappa shape index (κ1) is 21.5. The van der Waals surface area contributed by atoms with Crippen molar-refractivity contribution in [2.24, 2.45) is 0 Å². The van der Waals surface area contributed by atoms with Crippen LogP contribution in [0.15, 0.2) is 72.8 Å². The van der Waals surface area contributed by atoms with Crippen LogP contribution in [-0.2, 0) is 13.0 Å². The minimum Gasteiger partial charge on any atom is -0.493 e. The molecule has 0 saturated heterocycles. The summed E-state index contributed by atoms with van der Waals surface area (Å²) >= 11 is 5.39. The van der Waals surface area contributed by atoms with E-state index in [1.807, 2.05) is 72.8 Å². The molecule has 0 heterocycles. The smallest absolute Gasteiger partial charge is 0.170 e. The zero-order valence-corrected chi connectivity index (χ0v) is 18.0. The number of benzene rings is 3. The molecule has 0 aromatic heterocycles. The maximum absolute atomic E-state index is 5.81. The highest BCUT2D eigenvalue weighted by atomic mass is 32.1. The first-order valence-electron chi connectivity index (χ1n) is 9.70. The van der Waals surface area contributed by atoms with Crippen LogP contribution in [0.5, 0.6) is 17.2 Å². The Morgan fingerprint density at radius 3 is 2.27 bits per heavy atom. The molecule has 3 rings (SSSR count). The molecule has 0 aliphatic rings. The Morgan fingerprint density at radius 1 is 0.833 bits per heavy atom. The second kappa shape index (κ2) is 11.1. The van der Waals surface area contributed by atoms with Gasteiger partial charge in [0, 0.05) is 12.2 Å². The van der Waals surface area contributed by atoms with Crippen molar-refractivity contribution in [3.63, 3.8) is 0 Å². The predicted octanol–water partition coefficient (Wildman–Crippen LogP) is 4.81. The fourth-order valence-electron chi connectivity index (χ4n) is 2.91. The third kappa shape index (κ3) is 6.39. The number of hydrogen-bond donors (Lipinski definition) is 2. The Labute approximate surface area is 183 Å². The van der Waals surface area contributed by atoms with Crippen LogP contribution < -0.4 is 24.8 Å². The standard InChI is InChI=1S/C24H26N2O3S/c1-27-22-13-8-18(16-23(22)28-2)14-15-25-24(30)26-20-9-11-21(12-10-20)29-17-19-6-4-3-5-7-19/h3-13,16H,14-15,17H2,1-2H3,(H2,25,26,30). The van der Waals surface area contributed by atoms with Crippen LogP contribution in [0.4, 0.5) is 5.69 Å². The molecule has 0 bridgehead atoms. The molecule has 0 aliphatic carbocycles. The van der Waals surface area contributed by atoms with Crippen molar-refractivity contribution in [2.75, 3.05) is 26.1 Å². The lowest BCUT2D eigenvalue weighted by Crippen LogP contribution is -2.30. The number of ether oxygens (including phenoxy) is 3. The normalized spacial score (nSPS) is 10.2. The van der Waals surface area contributed by atoms with E-state index in [9.17, 15) is 0 Å². The van der Waals surface area contributed by atoms with Crippen LogP contribution >= 0.6 is 12.2 Å². The van der Waals surface area contributed by atoms with Gasteiger partial charge in [0.15, 0.2) is 16.6 Å². The van der Waals surface area contributed by atoms with Gasteiger partial charge in [-0.1, -0.05) is 36.4 Å². The van der Waals surface area contributed by atoms with Gasteiger partial charge in [0.1, 0.15) is 12.4 Å². The van der Waals surface area contributed by atoms with Gasteiger partial charge in [-0.15, -0.1) is 0 Å². The Hall–Kier alpha value is -3.25. The number of methoxy groups -OCH3 is 2. The highest BCUT2D eigenvalue weighted by molar-refractivity contribution is 7.80. The van der Waals surface area contributed by atoms with E-state index in [-0.39, 0.29) is 0 Å². The van der Waals surface area contributed by atoms with Gasteiger partial charge in [-0.25, -0.2) is 0 Å². The quantitative estimate of drug-likeness (QED) is 0.483. The van der Waals surface area contributed by atoms with E-state index in [2.05, 4.69) is 10.6 Å². The first-order valence-corrected chi connectivity index (χ1v) is 10.1. The molecule has 2 N–H and O–H groups in total. The fraction of sp³-hybridized carbons (Fsp3) is 0.208. The van der Waals surface area contributed by atoms with Gasteiger partial charge in [0.25, 0.3) is 0 Å². The monoisotopic (exact) mass is 422 g/mol. The average molecular weight is 423 g/mol. The molecule has 0 atom stereocenters. The average Bonchev–Trinajstić information content (AvgIpc) is 2.79. The SMILES string of the molecule is COc1ccc(CCNC(=S)Nc2ccc(OCc3ccccc3)cc2)cc1OC. The lowest BCUT2D eigenvalue weighted by molar-refractivity contribution is 0.306. The molecule has 156 valence electrons. The highest BCUT2D eigenvalue weighted by Gasteiger charge is 2.05. The van der Waals surface area contributed by atoms with Crippen LogP contribution in [0.1, 0.15) is 11.1 Å². The maximum atomic E-state index is 5.81. The summed E-state index contributed by atoms with van der Waals surface area (Å²) in [6.07, 6.45) is 0.814. The van der Waals surface area contributed by atoms with Gasteiger partial charge in [-0.3, -0.25) is 0 Å². The summed E-state index contributed by atoms with van der Waals surface area (Å²) in [4.78, 5) is 0. The van der Waals surface area contributed by atoms with Gasteiger partial charge >= 0.3 is 0 Å². The number of thiocarbonyl (C=S) groups is 1. The predicted molar refractivity (Wildman–Crippen MR) is 125 cm³/mol. The van der Waals surface area contributed by atoms with Crippen molar-refractivity contribution in [1.82, 2.24) is 5.32 Å². The van der Waals surface area contributed by atoms with Gasteiger partial charge < -0.3 is 24.8 Å². The number of rotatable bonds is 9. The maximum Gasteiger partial charge on any atom is 0.170 e. The Kier molecular flexibility index (Phi) is 7.92. The van der Waals surface area contributed by atoms with Crippen molar-refractivity contribution in [3.05, 3.63) is 83.9 Å². The van der Waals surface area contributed by atoms with Crippen LogP contribution in [0, 0.1) is 0 Å². The van der Waals surface area contributed by atoms with E-state index < -0.39 is 0 Å². The molecule has 0 aliphatic heterocycles. The molecule has 5 nitrogen and oxygen atoms in total. The van der Waals surface area contributed by atoms with Crippen molar-refractivity contribution < 1.29 is 14.2 Å². The van der Waals surface area contributed by atoms with E-state index in [4.69, 9.17) is 26.4 Å². The third-order valence-corrected chi connectivity index (χ3v) is 4.75. The van der Waals surface area contributed by atoms with Crippen LogP contribution in [-0.4, -0.2) is 25.9 Å².